The Morgan fingerprint density at radius 1 is 1.07 bits per heavy atom. The largest absolute Gasteiger partial charge is 0.448 e. The Hall–Kier alpha value is -3.03. The zero-order chi connectivity index (χ0) is 20.4. The molecule has 8 heteroatoms. The van der Waals surface area contributed by atoms with Crippen LogP contribution in [0.1, 0.15) is 25.7 Å². The lowest BCUT2D eigenvalue weighted by Crippen LogP contribution is -2.40. The SMILES string of the molecule is O=C1OCCN1[C@H]1CC[C@@H](C(=O)Nc2ccc(-c3cc(F)cc(F)c3)cn2)CC1. The van der Waals surface area contributed by atoms with E-state index in [-0.39, 0.29) is 24.0 Å². The van der Waals surface area contributed by atoms with Gasteiger partial charge in [-0.15, -0.1) is 0 Å². The molecule has 1 saturated heterocycles. The normalized spacial score (nSPS) is 21.7. The second-order valence-electron chi connectivity index (χ2n) is 7.39. The van der Waals surface area contributed by atoms with Crippen LogP contribution in [0.25, 0.3) is 11.1 Å². The third kappa shape index (κ3) is 4.36. The van der Waals surface area contributed by atoms with Crippen molar-refractivity contribution in [2.75, 3.05) is 18.5 Å². The molecule has 0 bridgehead atoms. The monoisotopic (exact) mass is 401 g/mol. The molecule has 1 aromatic heterocycles. The molecule has 1 N–H and O–H groups in total. The highest BCUT2D eigenvalue weighted by atomic mass is 19.1. The van der Waals surface area contributed by atoms with Gasteiger partial charge in [0.15, 0.2) is 0 Å². The Bertz CT molecular complexity index is 892. The molecule has 6 nitrogen and oxygen atoms in total. The van der Waals surface area contributed by atoms with Crippen LogP contribution in [-0.4, -0.2) is 41.1 Å². The van der Waals surface area contributed by atoms with E-state index < -0.39 is 11.6 Å². The molecule has 2 amide bonds. The van der Waals surface area contributed by atoms with Gasteiger partial charge in [-0.3, -0.25) is 4.79 Å². The fraction of sp³-hybridized carbons (Fsp3) is 0.381. The van der Waals surface area contributed by atoms with Gasteiger partial charge in [-0.1, -0.05) is 0 Å². The van der Waals surface area contributed by atoms with Gasteiger partial charge in [0, 0.05) is 29.8 Å². The molecule has 0 atom stereocenters. The highest BCUT2D eigenvalue weighted by molar-refractivity contribution is 5.91. The number of ether oxygens (including phenoxy) is 1. The van der Waals surface area contributed by atoms with Crippen molar-refractivity contribution in [3.05, 3.63) is 48.2 Å². The minimum atomic E-state index is -0.657. The number of hydrogen-bond acceptors (Lipinski definition) is 4. The van der Waals surface area contributed by atoms with Crippen molar-refractivity contribution in [3.63, 3.8) is 0 Å². The van der Waals surface area contributed by atoms with Gasteiger partial charge in [0.1, 0.15) is 24.1 Å². The standard InChI is InChI=1S/C21H21F2N3O3/c22-16-9-15(10-17(23)11-16)14-3-6-19(24-12-14)25-20(27)13-1-4-18(5-2-13)26-7-8-29-21(26)28/h3,6,9-13,18H,1-2,4-5,7-8H2,(H,24,25,27)/t13-,18+. The van der Waals surface area contributed by atoms with E-state index in [2.05, 4.69) is 10.3 Å². The van der Waals surface area contributed by atoms with Gasteiger partial charge in [0.25, 0.3) is 0 Å². The third-order valence-electron chi connectivity index (χ3n) is 5.51. The van der Waals surface area contributed by atoms with Crippen molar-refractivity contribution >= 4 is 17.8 Å². The number of hydrogen-bond donors (Lipinski definition) is 1. The van der Waals surface area contributed by atoms with Crippen molar-refractivity contribution in [3.8, 4) is 11.1 Å². The summed E-state index contributed by atoms with van der Waals surface area (Å²) in [6, 6.07) is 6.68. The van der Waals surface area contributed by atoms with Crippen LogP contribution < -0.4 is 5.32 Å². The lowest BCUT2D eigenvalue weighted by Gasteiger charge is -2.32. The molecule has 1 aromatic carbocycles. The van der Waals surface area contributed by atoms with Crippen LogP contribution in [0, 0.1) is 17.6 Å². The Morgan fingerprint density at radius 2 is 1.79 bits per heavy atom. The summed E-state index contributed by atoms with van der Waals surface area (Å²) in [4.78, 5) is 30.2. The first-order chi connectivity index (χ1) is 14.0. The number of amides is 2. The highest BCUT2D eigenvalue weighted by Crippen LogP contribution is 2.30. The molecule has 29 heavy (non-hydrogen) atoms. The van der Waals surface area contributed by atoms with Crippen molar-refractivity contribution in [1.29, 1.82) is 0 Å². The highest BCUT2D eigenvalue weighted by Gasteiger charge is 2.34. The second kappa shape index (κ2) is 8.14. The summed E-state index contributed by atoms with van der Waals surface area (Å²) < 4.78 is 31.7. The minimum Gasteiger partial charge on any atom is -0.448 e. The van der Waals surface area contributed by atoms with Crippen molar-refractivity contribution in [2.24, 2.45) is 5.92 Å². The van der Waals surface area contributed by atoms with Crippen LogP contribution >= 0.6 is 0 Å². The van der Waals surface area contributed by atoms with Gasteiger partial charge in [0.2, 0.25) is 5.91 Å². The second-order valence-corrected chi connectivity index (χ2v) is 7.39. The maximum absolute atomic E-state index is 13.4. The van der Waals surface area contributed by atoms with Gasteiger partial charge in [0.05, 0.1) is 6.54 Å². The molecule has 4 rings (SSSR count). The molecule has 0 unspecified atom stereocenters. The van der Waals surface area contributed by atoms with Crippen LogP contribution in [-0.2, 0) is 9.53 Å². The number of aromatic nitrogens is 1. The Morgan fingerprint density at radius 3 is 2.38 bits per heavy atom. The minimum absolute atomic E-state index is 0.107. The van der Waals surface area contributed by atoms with Crippen LogP contribution in [0.2, 0.25) is 0 Å². The first-order valence-corrected chi connectivity index (χ1v) is 9.66. The van der Waals surface area contributed by atoms with E-state index in [1.165, 1.54) is 18.3 Å². The fourth-order valence-electron chi connectivity index (χ4n) is 3.97. The molecule has 2 aromatic rings. The molecule has 2 aliphatic rings. The number of pyridine rings is 1. The van der Waals surface area contributed by atoms with Gasteiger partial charge >= 0.3 is 6.09 Å². The Balaban J connectivity index is 1.33. The van der Waals surface area contributed by atoms with Crippen molar-refractivity contribution in [2.45, 2.75) is 31.7 Å². The maximum Gasteiger partial charge on any atom is 0.410 e. The van der Waals surface area contributed by atoms with Gasteiger partial charge < -0.3 is 15.0 Å². The van der Waals surface area contributed by atoms with Crippen molar-refractivity contribution < 1.29 is 23.1 Å². The quantitative estimate of drug-likeness (QED) is 0.841. The maximum atomic E-state index is 13.4. The van der Waals surface area contributed by atoms with Crippen molar-refractivity contribution in [1.82, 2.24) is 9.88 Å². The zero-order valence-corrected chi connectivity index (χ0v) is 15.7. The van der Waals surface area contributed by atoms with Crippen LogP contribution in [0.5, 0.6) is 0 Å². The molecule has 2 heterocycles. The van der Waals surface area contributed by atoms with Crippen LogP contribution in [0.4, 0.5) is 19.4 Å². The molecule has 152 valence electrons. The number of nitrogens with one attached hydrogen (secondary N) is 1. The molecule has 0 radical (unpaired) electrons. The van der Waals surface area contributed by atoms with Gasteiger partial charge in [-0.2, -0.15) is 0 Å². The average molecular weight is 401 g/mol. The number of halogens is 2. The van der Waals surface area contributed by atoms with E-state index in [9.17, 15) is 18.4 Å². The van der Waals surface area contributed by atoms with Gasteiger partial charge in [-0.05, 0) is 55.5 Å². The zero-order valence-electron chi connectivity index (χ0n) is 15.7. The molecule has 0 spiro atoms. The Labute approximate surface area is 166 Å². The van der Waals surface area contributed by atoms with E-state index in [1.807, 2.05) is 0 Å². The summed E-state index contributed by atoms with van der Waals surface area (Å²) in [5, 5.41) is 2.80. The lowest BCUT2D eigenvalue weighted by molar-refractivity contribution is -0.121. The van der Waals surface area contributed by atoms with Gasteiger partial charge in [-0.25, -0.2) is 18.6 Å². The lowest BCUT2D eigenvalue weighted by atomic mass is 9.85. The van der Waals surface area contributed by atoms with Crippen LogP contribution in [0.3, 0.4) is 0 Å². The number of benzene rings is 1. The Kier molecular flexibility index (Phi) is 5.42. The summed E-state index contributed by atoms with van der Waals surface area (Å²) in [6.45, 7) is 1.05. The summed E-state index contributed by atoms with van der Waals surface area (Å²) in [6.07, 6.45) is 4.14. The summed E-state index contributed by atoms with van der Waals surface area (Å²) in [5.41, 5.74) is 0.936. The summed E-state index contributed by atoms with van der Waals surface area (Å²) >= 11 is 0. The fourth-order valence-corrected chi connectivity index (χ4v) is 3.97. The number of carbonyl (C=O) groups is 2. The first kappa shape index (κ1) is 19.3. The average Bonchev–Trinajstić information content (AvgIpc) is 3.14. The number of anilines is 1. The molecular weight excluding hydrogens is 380 g/mol. The molecule has 1 aliphatic carbocycles. The molecule has 1 aliphatic heterocycles. The molecular formula is C21H21F2N3O3. The molecule has 1 saturated carbocycles. The van der Waals surface area contributed by atoms with E-state index in [0.717, 1.165) is 18.9 Å². The number of cyclic esters (lactones) is 1. The topological polar surface area (TPSA) is 71.5 Å². The number of carbonyl (C=O) groups excluding carboxylic acids is 2. The number of nitrogens with zero attached hydrogens (tertiary/aromatic N) is 2. The molecule has 2 fully saturated rings. The van der Waals surface area contributed by atoms with E-state index in [1.54, 1.807) is 17.0 Å². The smallest absolute Gasteiger partial charge is 0.410 e. The summed E-state index contributed by atoms with van der Waals surface area (Å²) in [7, 11) is 0. The van der Waals surface area contributed by atoms with E-state index in [0.29, 0.717) is 42.9 Å². The number of rotatable bonds is 4. The van der Waals surface area contributed by atoms with E-state index in [4.69, 9.17) is 4.74 Å². The van der Waals surface area contributed by atoms with Crippen LogP contribution in [0.15, 0.2) is 36.5 Å². The predicted octanol–water partition coefficient (Wildman–Crippen LogP) is 3.98. The first-order valence-electron chi connectivity index (χ1n) is 9.66. The third-order valence-corrected chi connectivity index (χ3v) is 5.51. The predicted molar refractivity (Wildman–Crippen MR) is 102 cm³/mol. The summed E-state index contributed by atoms with van der Waals surface area (Å²) in [5.74, 6) is -1.17. The van der Waals surface area contributed by atoms with E-state index >= 15 is 0 Å².